The van der Waals surface area contributed by atoms with E-state index in [1.165, 1.54) is 54.8 Å². The van der Waals surface area contributed by atoms with Crippen LogP contribution in [0, 0.1) is 0 Å². The molecule has 1 aromatic rings. The third-order valence-electron chi connectivity index (χ3n) is 5.49. The van der Waals surface area contributed by atoms with Crippen LogP contribution < -0.4 is 4.31 Å². The number of carbonyl (C=O) groups is 1. The van der Waals surface area contributed by atoms with Crippen LogP contribution in [0.4, 0.5) is 5.69 Å². The van der Waals surface area contributed by atoms with Crippen LogP contribution in [0.1, 0.15) is 57.4 Å². The lowest BCUT2D eigenvalue weighted by molar-refractivity contribution is -0.872. The fourth-order valence-electron chi connectivity index (χ4n) is 3.67. The van der Waals surface area contributed by atoms with Crippen LogP contribution in [-0.2, 0) is 21.4 Å². The zero-order valence-electron chi connectivity index (χ0n) is 20.2. The smallest absolute Gasteiger partial charge is 0.305 e. The van der Waals surface area contributed by atoms with Crippen LogP contribution in [0.2, 0.25) is 0 Å². The van der Waals surface area contributed by atoms with E-state index in [1.807, 2.05) is 39.3 Å². The van der Waals surface area contributed by atoms with Gasteiger partial charge in [0.05, 0.1) is 45.8 Å². The zero-order valence-corrected chi connectivity index (χ0v) is 21.0. The van der Waals surface area contributed by atoms with Gasteiger partial charge in [-0.15, -0.1) is 0 Å². The first-order valence-corrected chi connectivity index (χ1v) is 12.6. The predicted molar refractivity (Wildman–Crippen MR) is 128 cm³/mol. The van der Waals surface area contributed by atoms with Crippen LogP contribution >= 0.6 is 0 Å². The van der Waals surface area contributed by atoms with Crippen molar-refractivity contribution in [2.45, 2.75) is 64.3 Å². The monoisotopic (exact) mass is 456 g/mol. The van der Waals surface area contributed by atoms with Crippen LogP contribution in [-0.4, -0.2) is 76.1 Å². The first-order chi connectivity index (χ1) is 14.4. The van der Waals surface area contributed by atoms with Gasteiger partial charge in [0.15, 0.2) is 0 Å². The summed E-state index contributed by atoms with van der Waals surface area (Å²) in [5, 5.41) is 9.30. The molecule has 0 amide bonds. The third kappa shape index (κ3) is 9.58. The number of hydrogen-bond acceptors (Lipinski definition) is 3. The molecule has 0 heterocycles. The molecular formula is C23H42N3O4S+. The van der Waals surface area contributed by atoms with Gasteiger partial charge in [-0.05, 0) is 30.5 Å². The van der Waals surface area contributed by atoms with Gasteiger partial charge < -0.3 is 9.59 Å². The van der Waals surface area contributed by atoms with E-state index >= 15 is 0 Å². The summed E-state index contributed by atoms with van der Waals surface area (Å²) in [6.07, 6.45) is 7.99. The van der Waals surface area contributed by atoms with Crippen LogP contribution in [0.25, 0.3) is 0 Å². The van der Waals surface area contributed by atoms with Gasteiger partial charge in [0.1, 0.15) is 0 Å². The van der Waals surface area contributed by atoms with Crippen molar-refractivity contribution in [3.05, 3.63) is 29.8 Å². The molecule has 7 nitrogen and oxygen atoms in total. The van der Waals surface area contributed by atoms with Crippen molar-refractivity contribution < 1.29 is 22.8 Å². The Kier molecular flexibility index (Phi) is 11.0. The van der Waals surface area contributed by atoms with Crippen molar-refractivity contribution in [3.8, 4) is 0 Å². The number of quaternary nitrogens is 1. The normalized spacial score (nSPS) is 13.4. The molecule has 1 atom stereocenters. The average Bonchev–Trinajstić information content (AvgIpc) is 2.67. The molecule has 0 spiro atoms. The van der Waals surface area contributed by atoms with Gasteiger partial charge in [-0.3, -0.25) is 9.10 Å². The predicted octanol–water partition coefficient (Wildman–Crippen LogP) is 3.75. The minimum atomic E-state index is -3.87. The summed E-state index contributed by atoms with van der Waals surface area (Å²) in [7, 11) is 4.89. The van der Waals surface area contributed by atoms with E-state index < -0.39 is 22.2 Å². The highest BCUT2D eigenvalue weighted by Crippen LogP contribution is 2.23. The van der Waals surface area contributed by atoms with Crippen molar-refractivity contribution in [2.75, 3.05) is 46.1 Å². The fourth-order valence-corrected chi connectivity index (χ4v) is 4.96. The molecule has 0 saturated heterocycles. The molecule has 0 fully saturated rings. The second-order valence-electron chi connectivity index (χ2n) is 9.40. The lowest BCUT2D eigenvalue weighted by Gasteiger charge is -2.35. The van der Waals surface area contributed by atoms with Crippen molar-refractivity contribution in [1.29, 1.82) is 0 Å². The number of anilines is 1. The first kappa shape index (κ1) is 27.4. The van der Waals surface area contributed by atoms with Crippen LogP contribution in [0.3, 0.4) is 0 Å². The Morgan fingerprint density at radius 2 is 1.68 bits per heavy atom. The van der Waals surface area contributed by atoms with Crippen LogP contribution in [0.5, 0.6) is 0 Å². The molecule has 1 rings (SSSR count). The first-order valence-electron chi connectivity index (χ1n) is 11.2. The van der Waals surface area contributed by atoms with E-state index in [0.29, 0.717) is 16.7 Å². The largest absolute Gasteiger partial charge is 0.481 e. The molecule has 1 N–H and O–H groups in total. The number of rotatable bonds is 15. The SMILES string of the molecule is CCCCCCCCc1cccc(N(C)S(=O)(=O)N(C)C(CC(=O)O)C[N+](C)(C)C)c1. The zero-order chi connectivity index (χ0) is 23.7. The summed E-state index contributed by atoms with van der Waals surface area (Å²) in [5.74, 6) is -1.01. The maximum Gasteiger partial charge on any atom is 0.305 e. The molecule has 0 bridgehead atoms. The molecule has 1 aromatic carbocycles. The van der Waals surface area contributed by atoms with Crippen molar-refractivity contribution in [2.24, 2.45) is 0 Å². The van der Waals surface area contributed by atoms with Crippen molar-refractivity contribution in [3.63, 3.8) is 0 Å². The fraction of sp³-hybridized carbons (Fsp3) is 0.696. The Hall–Kier alpha value is -1.64. The number of hydrogen-bond donors (Lipinski definition) is 1. The van der Waals surface area contributed by atoms with Gasteiger partial charge in [0, 0.05) is 14.1 Å². The molecule has 0 aliphatic rings. The maximum absolute atomic E-state index is 13.3. The topological polar surface area (TPSA) is 77.9 Å². The quantitative estimate of drug-likeness (QED) is 0.322. The molecule has 8 heteroatoms. The van der Waals surface area contributed by atoms with E-state index in [1.54, 1.807) is 6.07 Å². The number of likely N-dealkylation sites (N-methyl/N-ethyl adjacent to an activating group) is 2. The lowest BCUT2D eigenvalue weighted by atomic mass is 10.0. The highest BCUT2D eigenvalue weighted by atomic mass is 32.2. The second-order valence-corrected chi connectivity index (χ2v) is 11.4. The van der Waals surface area contributed by atoms with Gasteiger partial charge in [0.2, 0.25) is 0 Å². The van der Waals surface area contributed by atoms with E-state index in [9.17, 15) is 18.3 Å². The molecule has 0 aliphatic heterocycles. The van der Waals surface area contributed by atoms with Crippen molar-refractivity contribution in [1.82, 2.24) is 4.31 Å². The number of benzene rings is 1. The number of carboxylic acids is 1. The Balaban J connectivity index is 2.91. The Bertz CT molecular complexity index is 790. The van der Waals surface area contributed by atoms with Gasteiger partial charge in [-0.2, -0.15) is 12.7 Å². The van der Waals surface area contributed by atoms with Gasteiger partial charge in [0.25, 0.3) is 0 Å². The molecule has 1 unspecified atom stereocenters. The Labute approximate surface area is 189 Å². The van der Waals surface area contributed by atoms with E-state index in [2.05, 4.69) is 6.92 Å². The summed E-state index contributed by atoms with van der Waals surface area (Å²) < 4.78 is 29.4. The number of aliphatic carboxylic acids is 1. The van der Waals surface area contributed by atoms with Crippen LogP contribution in [0.15, 0.2) is 24.3 Å². The summed E-state index contributed by atoms with van der Waals surface area (Å²) in [6.45, 7) is 2.60. The molecular weight excluding hydrogens is 414 g/mol. The minimum Gasteiger partial charge on any atom is -0.481 e. The summed E-state index contributed by atoms with van der Waals surface area (Å²) in [4.78, 5) is 11.4. The second kappa shape index (κ2) is 12.4. The molecule has 0 aromatic heterocycles. The maximum atomic E-state index is 13.3. The van der Waals surface area contributed by atoms with Gasteiger partial charge in [-0.25, -0.2) is 0 Å². The van der Waals surface area contributed by atoms with E-state index in [4.69, 9.17) is 0 Å². The van der Waals surface area contributed by atoms with Gasteiger partial charge >= 0.3 is 16.2 Å². The lowest BCUT2D eigenvalue weighted by Crippen LogP contribution is -2.53. The molecule has 31 heavy (non-hydrogen) atoms. The number of carboxylic acid groups (broad SMARTS) is 1. The molecule has 0 aliphatic carbocycles. The third-order valence-corrected chi connectivity index (χ3v) is 7.42. The Morgan fingerprint density at radius 3 is 2.26 bits per heavy atom. The molecule has 178 valence electrons. The highest BCUT2D eigenvalue weighted by Gasteiger charge is 2.34. The number of unbranched alkanes of at least 4 members (excludes halogenated alkanes) is 5. The summed E-state index contributed by atoms with van der Waals surface area (Å²) >= 11 is 0. The van der Waals surface area contributed by atoms with E-state index in [0.717, 1.165) is 18.4 Å². The molecule has 0 radical (unpaired) electrons. The van der Waals surface area contributed by atoms with E-state index in [-0.39, 0.29) is 6.42 Å². The van der Waals surface area contributed by atoms with Gasteiger partial charge in [-0.1, -0.05) is 51.2 Å². The summed E-state index contributed by atoms with van der Waals surface area (Å²) in [5.41, 5.74) is 1.71. The Morgan fingerprint density at radius 1 is 1.06 bits per heavy atom. The standard InChI is InChI=1S/C23H41N3O4S/c1-7-8-9-10-11-12-14-20-15-13-16-21(17-20)24(2)31(29,30)25(3)22(18-23(27)28)19-26(4,5)6/h13,15-17,22H,7-12,14,18-19H2,1-6H3/p+1. The number of aryl methyl sites for hydroxylation is 1. The molecule has 0 saturated carbocycles. The minimum absolute atomic E-state index is 0.239. The highest BCUT2D eigenvalue weighted by molar-refractivity contribution is 7.90. The average molecular weight is 457 g/mol. The number of nitrogens with zero attached hydrogens (tertiary/aromatic N) is 3. The summed E-state index contributed by atoms with van der Waals surface area (Å²) in [6, 6.07) is 6.97. The van der Waals surface area contributed by atoms with Crippen molar-refractivity contribution >= 4 is 21.9 Å².